The molecule has 2 aromatic carbocycles. The number of nitrogens with zero attached hydrogens (tertiary/aromatic N) is 2. The lowest BCUT2D eigenvalue weighted by atomic mass is 10.1. The van der Waals surface area contributed by atoms with Crippen molar-refractivity contribution in [3.8, 4) is 0 Å². The van der Waals surface area contributed by atoms with Gasteiger partial charge in [0.15, 0.2) is 0 Å². The first-order chi connectivity index (χ1) is 11.8. The second-order valence-corrected chi connectivity index (χ2v) is 6.91. The number of alkyl halides is 3. The van der Waals surface area contributed by atoms with Crippen molar-refractivity contribution < 1.29 is 17.6 Å². The third-order valence-electron chi connectivity index (χ3n) is 4.30. The Morgan fingerprint density at radius 2 is 1.68 bits per heavy atom. The number of halogens is 5. The van der Waals surface area contributed by atoms with Crippen molar-refractivity contribution in [3.05, 3.63) is 63.9 Å². The van der Waals surface area contributed by atoms with Gasteiger partial charge in [0.05, 0.1) is 10.0 Å². The molecule has 1 aliphatic rings. The van der Waals surface area contributed by atoms with Gasteiger partial charge >= 0.3 is 6.18 Å². The van der Waals surface area contributed by atoms with E-state index in [2.05, 4.69) is 20.8 Å². The average molecular weight is 417 g/mol. The molecule has 2 nitrogen and oxygen atoms in total. The molecule has 3 rings (SSSR count). The molecule has 0 N–H and O–H groups in total. The van der Waals surface area contributed by atoms with Crippen LogP contribution in [0.1, 0.15) is 11.1 Å². The Bertz CT molecular complexity index is 740. The molecule has 0 unspecified atom stereocenters. The Morgan fingerprint density at radius 3 is 2.32 bits per heavy atom. The minimum atomic E-state index is -4.33. The summed E-state index contributed by atoms with van der Waals surface area (Å²) >= 11 is 3.18. The van der Waals surface area contributed by atoms with Crippen LogP contribution in [-0.4, -0.2) is 31.1 Å². The quantitative estimate of drug-likeness (QED) is 0.654. The van der Waals surface area contributed by atoms with Crippen LogP contribution in [0.15, 0.2) is 46.9 Å². The van der Waals surface area contributed by atoms with Crippen molar-refractivity contribution >= 4 is 21.6 Å². The highest BCUT2D eigenvalue weighted by Crippen LogP contribution is 2.32. The topological polar surface area (TPSA) is 6.48 Å². The summed E-state index contributed by atoms with van der Waals surface area (Å²) in [5.74, 6) is -0.293. The van der Waals surface area contributed by atoms with E-state index in [9.17, 15) is 17.6 Å². The fraction of sp³-hybridized carbons (Fsp3) is 0.333. The van der Waals surface area contributed by atoms with Crippen LogP contribution in [0.25, 0.3) is 0 Å². The lowest BCUT2D eigenvalue weighted by Crippen LogP contribution is -2.46. The van der Waals surface area contributed by atoms with Crippen molar-refractivity contribution in [1.82, 2.24) is 4.90 Å². The summed E-state index contributed by atoms with van der Waals surface area (Å²) in [5, 5.41) is 0. The molecule has 0 amide bonds. The molecule has 0 aliphatic carbocycles. The standard InChI is InChI=1S/C18H17BrF4N2/c19-16-10-13(4-5-17(16)20)12-24-6-8-25(9-7-24)15-3-1-2-14(11-15)18(21,22)23/h1-5,10-11H,6-9,12H2. The smallest absolute Gasteiger partial charge is 0.369 e. The first-order valence-corrected chi connectivity index (χ1v) is 8.71. The zero-order valence-electron chi connectivity index (χ0n) is 13.4. The van der Waals surface area contributed by atoms with E-state index in [1.54, 1.807) is 18.2 Å². The van der Waals surface area contributed by atoms with E-state index in [0.29, 0.717) is 29.8 Å². The molecule has 0 radical (unpaired) electrons. The maximum absolute atomic E-state index is 13.3. The molecule has 0 spiro atoms. The molecule has 7 heteroatoms. The molecular weight excluding hydrogens is 400 g/mol. The molecule has 134 valence electrons. The van der Waals surface area contributed by atoms with Crippen LogP contribution in [0.2, 0.25) is 0 Å². The highest BCUT2D eigenvalue weighted by Gasteiger charge is 2.31. The summed E-state index contributed by atoms with van der Waals surface area (Å²) in [5.41, 5.74) is 0.975. The highest BCUT2D eigenvalue weighted by molar-refractivity contribution is 9.10. The van der Waals surface area contributed by atoms with E-state index in [-0.39, 0.29) is 5.82 Å². The van der Waals surface area contributed by atoms with Gasteiger partial charge in [-0.3, -0.25) is 4.90 Å². The molecule has 1 aliphatic heterocycles. The third-order valence-corrected chi connectivity index (χ3v) is 4.91. The average Bonchev–Trinajstić information content (AvgIpc) is 2.58. The van der Waals surface area contributed by atoms with Gasteiger partial charge in [-0.25, -0.2) is 4.39 Å². The summed E-state index contributed by atoms with van der Waals surface area (Å²) < 4.78 is 52.3. The summed E-state index contributed by atoms with van der Waals surface area (Å²) in [6, 6.07) is 10.4. The van der Waals surface area contributed by atoms with Gasteiger partial charge in [0.2, 0.25) is 0 Å². The Hall–Kier alpha value is -1.60. The SMILES string of the molecule is Fc1ccc(CN2CCN(c3cccc(C(F)(F)F)c3)CC2)cc1Br. The van der Waals surface area contributed by atoms with Crippen molar-refractivity contribution in [3.63, 3.8) is 0 Å². The molecule has 1 fully saturated rings. The molecule has 0 saturated carbocycles. The minimum absolute atomic E-state index is 0.293. The van der Waals surface area contributed by atoms with E-state index < -0.39 is 11.7 Å². The van der Waals surface area contributed by atoms with Gasteiger partial charge in [-0.2, -0.15) is 13.2 Å². The van der Waals surface area contributed by atoms with Gasteiger partial charge in [0.1, 0.15) is 5.82 Å². The number of benzene rings is 2. The first-order valence-electron chi connectivity index (χ1n) is 7.91. The summed E-state index contributed by atoms with van der Waals surface area (Å²) in [6.45, 7) is 3.49. The summed E-state index contributed by atoms with van der Waals surface area (Å²) in [7, 11) is 0. The first kappa shape index (κ1) is 18.2. The van der Waals surface area contributed by atoms with Crippen molar-refractivity contribution in [2.45, 2.75) is 12.7 Å². The van der Waals surface area contributed by atoms with Gasteiger partial charge in [-0.05, 0) is 51.8 Å². The van der Waals surface area contributed by atoms with E-state index in [1.807, 2.05) is 4.90 Å². The maximum atomic E-state index is 13.3. The molecule has 2 aromatic rings. The predicted octanol–water partition coefficient (Wildman–Crippen LogP) is 4.93. The molecular formula is C18H17BrF4N2. The number of anilines is 1. The van der Waals surface area contributed by atoms with Crippen LogP contribution in [0.3, 0.4) is 0 Å². The predicted molar refractivity (Wildman–Crippen MR) is 93.0 cm³/mol. The van der Waals surface area contributed by atoms with Crippen LogP contribution < -0.4 is 4.90 Å². The van der Waals surface area contributed by atoms with Crippen molar-refractivity contribution in [2.24, 2.45) is 0 Å². The van der Waals surface area contributed by atoms with Crippen molar-refractivity contribution in [1.29, 1.82) is 0 Å². The van der Waals surface area contributed by atoms with E-state index in [1.165, 1.54) is 18.2 Å². The molecule has 0 aromatic heterocycles. The zero-order chi connectivity index (χ0) is 18.0. The van der Waals surface area contributed by atoms with Crippen LogP contribution in [-0.2, 0) is 12.7 Å². The minimum Gasteiger partial charge on any atom is -0.369 e. The number of hydrogen-bond acceptors (Lipinski definition) is 2. The van der Waals surface area contributed by atoms with E-state index in [4.69, 9.17) is 0 Å². The Balaban J connectivity index is 1.61. The molecule has 25 heavy (non-hydrogen) atoms. The van der Waals surface area contributed by atoms with Gasteiger partial charge in [0.25, 0.3) is 0 Å². The normalized spacial score (nSPS) is 16.3. The van der Waals surface area contributed by atoms with E-state index in [0.717, 1.165) is 24.7 Å². The van der Waals surface area contributed by atoms with E-state index >= 15 is 0 Å². The van der Waals surface area contributed by atoms with Gasteiger partial charge < -0.3 is 4.90 Å². The number of hydrogen-bond donors (Lipinski definition) is 0. The lowest BCUT2D eigenvalue weighted by Gasteiger charge is -2.36. The maximum Gasteiger partial charge on any atom is 0.416 e. The Morgan fingerprint density at radius 1 is 0.960 bits per heavy atom. The molecule has 1 saturated heterocycles. The van der Waals surface area contributed by atoms with Gasteiger partial charge in [0, 0.05) is 38.4 Å². The van der Waals surface area contributed by atoms with Crippen LogP contribution in [0, 0.1) is 5.82 Å². The Labute approximate surface area is 152 Å². The number of rotatable bonds is 3. The fourth-order valence-electron chi connectivity index (χ4n) is 2.94. The van der Waals surface area contributed by atoms with Crippen LogP contribution >= 0.6 is 15.9 Å². The lowest BCUT2D eigenvalue weighted by molar-refractivity contribution is -0.137. The second-order valence-electron chi connectivity index (χ2n) is 6.06. The zero-order valence-corrected chi connectivity index (χ0v) is 14.9. The van der Waals surface area contributed by atoms with Crippen molar-refractivity contribution in [2.75, 3.05) is 31.1 Å². The van der Waals surface area contributed by atoms with Gasteiger partial charge in [-0.15, -0.1) is 0 Å². The molecule has 0 bridgehead atoms. The largest absolute Gasteiger partial charge is 0.416 e. The van der Waals surface area contributed by atoms with Crippen LogP contribution in [0.4, 0.5) is 23.2 Å². The molecule has 0 atom stereocenters. The number of piperazine rings is 1. The Kier molecular flexibility index (Phi) is 5.34. The van der Waals surface area contributed by atoms with Crippen LogP contribution in [0.5, 0.6) is 0 Å². The monoisotopic (exact) mass is 416 g/mol. The third kappa shape index (κ3) is 4.52. The van der Waals surface area contributed by atoms with Gasteiger partial charge in [-0.1, -0.05) is 12.1 Å². The molecule has 1 heterocycles. The summed E-state index contributed by atoms with van der Waals surface area (Å²) in [6.07, 6.45) is -4.33. The summed E-state index contributed by atoms with van der Waals surface area (Å²) in [4.78, 5) is 4.18. The second kappa shape index (κ2) is 7.33. The fourth-order valence-corrected chi connectivity index (χ4v) is 3.37. The highest BCUT2D eigenvalue weighted by atomic mass is 79.9.